The third kappa shape index (κ3) is 4.30. The molecule has 0 bridgehead atoms. The van der Waals surface area contributed by atoms with E-state index in [1.54, 1.807) is 24.3 Å². The first-order valence-corrected chi connectivity index (χ1v) is 8.84. The molecule has 0 unspecified atom stereocenters. The van der Waals surface area contributed by atoms with Gasteiger partial charge >= 0.3 is 0 Å². The molecule has 0 radical (unpaired) electrons. The van der Waals surface area contributed by atoms with E-state index in [1.807, 2.05) is 60.8 Å². The molecule has 3 aromatic carbocycles. The van der Waals surface area contributed by atoms with E-state index in [0.29, 0.717) is 10.6 Å². The molecule has 1 amide bonds. The van der Waals surface area contributed by atoms with Crippen molar-refractivity contribution in [2.24, 2.45) is 0 Å². The predicted molar refractivity (Wildman–Crippen MR) is 116 cm³/mol. The molecule has 28 heavy (non-hydrogen) atoms. The number of benzene rings is 3. The molecule has 0 saturated carbocycles. The van der Waals surface area contributed by atoms with Crippen molar-refractivity contribution in [3.63, 3.8) is 0 Å². The van der Waals surface area contributed by atoms with Gasteiger partial charge in [0.05, 0.1) is 11.9 Å². The van der Waals surface area contributed by atoms with Crippen LogP contribution in [0.3, 0.4) is 0 Å². The van der Waals surface area contributed by atoms with Crippen LogP contribution in [0, 0.1) is 0 Å². The van der Waals surface area contributed by atoms with Crippen LogP contribution < -0.4 is 5.32 Å². The van der Waals surface area contributed by atoms with Crippen LogP contribution >= 0.6 is 11.6 Å². The highest BCUT2D eigenvalue weighted by molar-refractivity contribution is 6.30. The van der Waals surface area contributed by atoms with Gasteiger partial charge in [0.1, 0.15) is 5.82 Å². The van der Waals surface area contributed by atoms with Crippen LogP contribution in [0.2, 0.25) is 5.02 Å². The van der Waals surface area contributed by atoms with Crippen molar-refractivity contribution in [1.29, 1.82) is 0 Å². The van der Waals surface area contributed by atoms with Gasteiger partial charge in [-0.3, -0.25) is 4.79 Å². The average molecular weight is 390 g/mol. The second-order valence-electron chi connectivity index (χ2n) is 6.05. The number of H-pyrrole nitrogens is 1. The Morgan fingerprint density at radius 3 is 2.21 bits per heavy atom. The third-order valence-electron chi connectivity index (χ3n) is 4.18. The van der Waals surface area contributed by atoms with Crippen LogP contribution in [0.25, 0.3) is 22.6 Å². The molecule has 4 nitrogen and oxygen atoms in total. The smallest absolute Gasteiger partial charge is 0.255 e. The molecule has 0 atom stereocenters. The predicted octanol–water partition coefficient (Wildman–Crippen LogP) is 6.29. The summed E-state index contributed by atoms with van der Waals surface area (Å²) in [6, 6.07) is 24.4. The standard InChI is InChI=1S/C22H16ClN3O.CH4/c23-18-10-6-17(7-11-18)22(27)25-19-12-8-15(9-13-19)20-14-24-21(26-20)16-4-2-1-3-5-16;/h1-14H,(H,24,26)(H,25,27);1H4. The van der Waals surface area contributed by atoms with Gasteiger partial charge in [0, 0.05) is 21.8 Å². The van der Waals surface area contributed by atoms with Crippen molar-refractivity contribution in [2.75, 3.05) is 5.32 Å². The number of rotatable bonds is 4. The number of aromatic nitrogens is 2. The molecule has 0 fully saturated rings. The van der Waals surface area contributed by atoms with E-state index < -0.39 is 0 Å². The first-order chi connectivity index (χ1) is 13.2. The highest BCUT2D eigenvalue weighted by Crippen LogP contribution is 2.23. The lowest BCUT2D eigenvalue weighted by Crippen LogP contribution is -2.11. The fourth-order valence-corrected chi connectivity index (χ4v) is 2.87. The number of anilines is 1. The topological polar surface area (TPSA) is 57.8 Å². The Kier molecular flexibility index (Phi) is 5.92. The van der Waals surface area contributed by atoms with Crippen molar-refractivity contribution in [3.8, 4) is 22.6 Å². The zero-order valence-electron chi connectivity index (χ0n) is 14.3. The summed E-state index contributed by atoms with van der Waals surface area (Å²) in [6.45, 7) is 0. The minimum atomic E-state index is -0.174. The molecule has 5 heteroatoms. The van der Waals surface area contributed by atoms with Crippen LogP contribution in [0.4, 0.5) is 5.69 Å². The lowest BCUT2D eigenvalue weighted by molar-refractivity contribution is 0.102. The molecule has 4 aromatic rings. The number of nitrogens with one attached hydrogen (secondary N) is 2. The zero-order valence-corrected chi connectivity index (χ0v) is 15.1. The molecule has 140 valence electrons. The molecule has 0 saturated heterocycles. The second-order valence-corrected chi connectivity index (χ2v) is 6.49. The highest BCUT2D eigenvalue weighted by Gasteiger charge is 2.08. The highest BCUT2D eigenvalue weighted by atomic mass is 35.5. The normalized spacial score (nSPS) is 10.2. The van der Waals surface area contributed by atoms with Crippen molar-refractivity contribution in [1.82, 2.24) is 9.97 Å². The summed E-state index contributed by atoms with van der Waals surface area (Å²) < 4.78 is 0. The van der Waals surface area contributed by atoms with Gasteiger partial charge < -0.3 is 10.3 Å². The Labute approximate surface area is 169 Å². The minimum absolute atomic E-state index is 0. The maximum Gasteiger partial charge on any atom is 0.255 e. The number of nitrogens with zero attached hydrogens (tertiary/aromatic N) is 1. The fraction of sp³-hybridized carbons (Fsp3) is 0.0435. The Balaban J connectivity index is 0.00000225. The average Bonchev–Trinajstić information content (AvgIpc) is 3.20. The van der Waals surface area contributed by atoms with Gasteiger partial charge in [-0.2, -0.15) is 0 Å². The second kappa shape index (κ2) is 8.55. The molecule has 1 heterocycles. The van der Waals surface area contributed by atoms with Crippen LogP contribution in [0.15, 0.2) is 85.1 Å². The monoisotopic (exact) mass is 389 g/mol. The number of carbonyl (C=O) groups is 1. The van der Waals surface area contributed by atoms with Crippen molar-refractivity contribution in [2.45, 2.75) is 7.43 Å². The van der Waals surface area contributed by atoms with Gasteiger partial charge in [-0.1, -0.05) is 61.5 Å². The van der Waals surface area contributed by atoms with Gasteiger partial charge in [-0.15, -0.1) is 0 Å². The summed E-state index contributed by atoms with van der Waals surface area (Å²) in [4.78, 5) is 20.0. The summed E-state index contributed by atoms with van der Waals surface area (Å²) in [6.07, 6.45) is 1.81. The van der Waals surface area contributed by atoms with E-state index in [9.17, 15) is 4.79 Å². The number of halogens is 1. The van der Waals surface area contributed by atoms with Gasteiger partial charge in [0.25, 0.3) is 5.91 Å². The first kappa shape index (κ1) is 19.4. The Morgan fingerprint density at radius 1 is 0.857 bits per heavy atom. The Morgan fingerprint density at radius 2 is 1.54 bits per heavy atom. The van der Waals surface area contributed by atoms with Crippen molar-refractivity contribution < 1.29 is 4.79 Å². The molecule has 0 aliphatic heterocycles. The SMILES string of the molecule is C.O=C(Nc1ccc(-c2cnc(-c3ccccc3)[nH]2)cc1)c1ccc(Cl)cc1. The van der Waals surface area contributed by atoms with Crippen molar-refractivity contribution >= 4 is 23.2 Å². The molecule has 0 aliphatic carbocycles. The first-order valence-electron chi connectivity index (χ1n) is 8.47. The molecular formula is C23H20ClN3O. The molecule has 4 rings (SSSR count). The summed E-state index contributed by atoms with van der Waals surface area (Å²) in [5, 5.41) is 3.48. The van der Waals surface area contributed by atoms with Crippen LogP contribution in [-0.2, 0) is 0 Å². The van der Waals surface area contributed by atoms with Gasteiger partial charge in [0.2, 0.25) is 0 Å². The Hall–Kier alpha value is -3.37. The van der Waals surface area contributed by atoms with Crippen molar-refractivity contribution in [3.05, 3.63) is 95.6 Å². The summed E-state index contributed by atoms with van der Waals surface area (Å²) in [5.41, 5.74) is 4.24. The number of hydrogen-bond donors (Lipinski definition) is 2. The molecule has 0 spiro atoms. The molecule has 1 aromatic heterocycles. The minimum Gasteiger partial charge on any atom is -0.338 e. The van der Waals surface area contributed by atoms with Gasteiger partial charge in [-0.25, -0.2) is 4.98 Å². The largest absolute Gasteiger partial charge is 0.338 e. The van der Waals surface area contributed by atoms with E-state index >= 15 is 0 Å². The molecule has 2 N–H and O–H groups in total. The molecule has 0 aliphatic rings. The quantitative estimate of drug-likeness (QED) is 0.431. The zero-order chi connectivity index (χ0) is 18.6. The van der Waals surface area contributed by atoms with Gasteiger partial charge in [0.15, 0.2) is 0 Å². The number of hydrogen-bond acceptors (Lipinski definition) is 2. The Bertz CT molecular complexity index is 1060. The van der Waals surface area contributed by atoms with E-state index in [1.165, 1.54) is 0 Å². The fourth-order valence-electron chi connectivity index (χ4n) is 2.75. The van der Waals surface area contributed by atoms with Gasteiger partial charge in [-0.05, 0) is 42.0 Å². The summed E-state index contributed by atoms with van der Waals surface area (Å²) in [7, 11) is 0. The third-order valence-corrected chi connectivity index (χ3v) is 4.44. The van der Waals surface area contributed by atoms with E-state index in [4.69, 9.17) is 11.6 Å². The summed E-state index contributed by atoms with van der Waals surface area (Å²) >= 11 is 5.85. The number of imidazole rings is 1. The van der Waals surface area contributed by atoms with Crippen LogP contribution in [0.5, 0.6) is 0 Å². The van der Waals surface area contributed by atoms with Crippen LogP contribution in [0.1, 0.15) is 17.8 Å². The molecular weight excluding hydrogens is 370 g/mol. The maximum atomic E-state index is 12.3. The lowest BCUT2D eigenvalue weighted by Gasteiger charge is -2.06. The number of aromatic amines is 1. The number of carbonyl (C=O) groups excluding carboxylic acids is 1. The summed E-state index contributed by atoms with van der Waals surface area (Å²) in [5.74, 6) is 0.651. The lowest BCUT2D eigenvalue weighted by atomic mass is 10.1. The van der Waals surface area contributed by atoms with E-state index in [0.717, 1.165) is 28.3 Å². The number of amides is 1. The van der Waals surface area contributed by atoms with Crippen LogP contribution in [-0.4, -0.2) is 15.9 Å². The van der Waals surface area contributed by atoms with E-state index in [2.05, 4.69) is 15.3 Å². The maximum absolute atomic E-state index is 12.3. The van der Waals surface area contributed by atoms with E-state index in [-0.39, 0.29) is 13.3 Å².